The van der Waals surface area contributed by atoms with E-state index in [4.69, 9.17) is 16.7 Å². The van der Waals surface area contributed by atoms with Crippen molar-refractivity contribution in [3.8, 4) is 5.82 Å². The number of carbonyl (C=O) groups is 1. The molecule has 0 saturated heterocycles. The van der Waals surface area contributed by atoms with E-state index in [9.17, 15) is 22.8 Å². The normalized spacial score (nSPS) is 11.6. The van der Waals surface area contributed by atoms with Crippen molar-refractivity contribution in [3.05, 3.63) is 45.2 Å². The maximum Gasteiger partial charge on any atom is 0.418 e. The van der Waals surface area contributed by atoms with E-state index < -0.39 is 33.9 Å². The summed E-state index contributed by atoms with van der Waals surface area (Å²) in [6.45, 7) is 0. The van der Waals surface area contributed by atoms with Gasteiger partial charge in [-0.05, 0) is 0 Å². The van der Waals surface area contributed by atoms with Gasteiger partial charge >= 0.3 is 12.1 Å². The summed E-state index contributed by atoms with van der Waals surface area (Å²) < 4.78 is 38.9. The van der Waals surface area contributed by atoms with Crippen molar-refractivity contribution in [1.82, 2.24) is 14.5 Å². The quantitative estimate of drug-likeness (QED) is 0.887. The van der Waals surface area contributed by atoms with E-state index >= 15 is 0 Å². The Morgan fingerprint density at radius 2 is 2.05 bits per heavy atom. The molecule has 0 aliphatic carbocycles. The predicted molar refractivity (Wildman–Crippen MR) is 61.2 cm³/mol. The number of hydrogen-bond acceptors (Lipinski definition) is 3. The summed E-state index contributed by atoms with van der Waals surface area (Å²) in [5, 5.41) is 8.33. The molecule has 0 saturated carbocycles. The molecular weight excluding hydrogens is 303 g/mol. The molecule has 0 amide bonds. The van der Waals surface area contributed by atoms with Gasteiger partial charge in [0.1, 0.15) is 5.02 Å². The fourth-order valence-electron chi connectivity index (χ4n) is 1.53. The summed E-state index contributed by atoms with van der Waals surface area (Å²) in [5.41, 5.74) is -3.07. The summed E-state index contributed by atoms with van der Waals surface area (Å²) in [7, 11) is 0. The third-order valence-electron chi connectivity index (χ3n) is 2.39. The standard InChI is InChI=1S/C10H5ClF3N3O3/c11-6-7(15-3-16-8(6)18)17-1-4(9(19)20)5(2-17)10(12,13)14/h1-3H,(H,19,20)(H,15,16,18). The van der Waals surface area contributed by atoms with Crippen molar-refractivity contribution in [2.75, 3.05) is 0 Å². The summed E-state index contributed by atoms with van der Waals surface area (Å²) in [4.78, 5) is 27.8. The Balaban J connectivity index is 2.69. The highest BCUT2D eigenvalue weighted by molar-refractivity contribution is 6.31. The van der Waals surface area contributed by atoms with E-state index in [-0.39, 0.29) is 5.82 Å². The average molecular weight is 308 g/mol. The van der Waals surface area contributed by atoms with Gasteiger partial charge in [0.05, 0.1) is 17.5 Å². The molecule has 2 heterocycles. The van der Waals surface area contributed by atoms with E-state index in [0.29, 0.717) is 12.4 Å². The van der Waals surface area contributed by atoms with Gasteiger partial charge < -0.3 is 14.7 Å². The summed E-state index contributed by atoms with van der Waals surface area (Å²) in [5.74, 6) is -2.05. The number of halogens is 4. The average Bonchev–Trinajstić information content (AvgIpc) is 2.77. The van der Waals surface area contributed by atoms with Crippen LogP contribution in [0.4, 0.5) is 13.2 Å². The summed E-state index contributed by atoms with van der Waals surface area (Å²) in [6.07, 6.45) is -2.71. The topological polar surface area (TPSA) is 88.0 Å². The molecule has 0 bridgehead atoms. The van der Waals surface area contributed by atoms with Crippen molar-refractivity contribution < 1.29 is 23.1 Å². The van der Waals surface area contributed by atoms with E-state index in [1.807, 2.05) is 0 Å². The minimum Gasteiger partial charge on any atom is -0.478 e. The van der Waals surface area contributed by atoms with Crippen LogP contribution in [0.1, 0.15) is 15.9 Å². The lowest BCUT2D eigenvalue weighted by Gasteiger charge is -2.04. The Morgan fingerprint density at radius 1 is 1.40 bits per heavy atom. The predicted octanol–water partition coefficient (Wildman–Crippen LogP) is 1.93. The number of nitrogens with one attached hydrogen (secondary N) is 1. The number of aromatic nitrogens is 3. The fraction of sp³-hybridized carbons (Fsp3) is 0.100. The first-order chi connectivity index (χ1) is 9.21. The first-order valence-electron chi connectivity index (χ1n) is 4.98. The number of aromatic carboxylic acids is 1. The van der Waals surface area contributed by atoms with Gasteiger partial charge in [-0.15, -0.1) is 0 Å². The third-order valence-corrected chi connectivity index (χ3v) is 2.73. The lowest BCUT2D eigenvalue weighted by atomic mass is 10.2. The maximum atomic E-state index is 12.7. The molecule has 0 atom stereocenters. The Hall–Kier alpha value is -2.29. The second-order valence-electron chi connectivity index (χ2n) is 3.66. The van der Waals surface area contributed by atoms with Gasteiger partial charge in [0, 0.05) is 12.4 Å². The van der Waals surface area contributed by atoms with Crippen LogP contribution in [0.2, 0.25) is 5.02 Å². The molecule has 6 nitrogen and oxygen atoms in total. The molecule has 2 aromatic heterocycles. The van der Waals surface area contributed by atoms with Gasteiger partial charge in [0.25, 0.3) is 5.56 Å². The van der Waals surface area contributed by atoms with Crippen LogP contribution in [0, 0.1) is 0 Å². The number of alkyl halides is 3. The molecule has 106 valence electrons. The van der Waals surface area contributed by atoms with Gasteiger partial charge in [-0.1, -0.05) is 11.6 Å². The molecule has 0 unspecified atom stereocenters. The molecule has 2 aromatic rings. The van der Waals surface area contributed by atoms with E-state index in [1.54, 1.807) is 0 Å². The number of H-pyrrole nitrogens is 1. The Morgan fingerprint density at radius 3 is 2.55 bits per heavy atom. The Kier molecular flexibility index (Phi) is 3.30. The van der Waals surface area contributed by atoms with Crippen LogP contribution < -0.4 is 5.56 Å². The molecule has 10 heteroatoms. The number of carboxylic acid groups (broad SMARTS) is 1. The third kappa shape index (κ3) is 2.39. The zero-order valence-corrected chi connectivity index (χ0v) is 10.2. The smallest absolute Gasteiger partial charge is 0.418 e. The molecule has 0 radical (unpaired) electrons. The van der Waals surface area contributed by atoms with Gasteiger partial charge in [0.15, 0.2) is 5.82 Å². The Bertz CT molecular complexity index is 735. The molecule has 2 N–H and O–H groups in total. The molecule has 0 spiro atoms. The second kappa shape index (κ2) is 4.67. The zero-order valence-electron chi connectivity index (χ0n) is 9.40. The monoisotopic (exact) mass is 307 g/mol. The highest BCUT2D eigenvalue weighted by Gasteiger charge is 2.37. The highest BCUT2D eigenvalue weighted by atomic mass is 35.5. The lowest BCUT2D eigenvalue weighted by molar-refractivity contribution is -0.138. The first-order valence-corrected chi connectivity index (χ1v) is 5.35. The molecule has 20 heavy (non-hydrogen) atoms. The van der Waals surface area contributed by atoms with Crippen LogP contribution in [-0.4, -0.2) is 25.6 Å². The molecule has 2 rings (SSSR count). The highest BCUT2D eigenvalue weighted by Crippen LogP contribution is 2.33. The van der Waals surface area contributed by atoms with Crippen LogP contribution >= 0.6 is 11.6 Å². The van der Waals surface area contributed by atoms with Crippen LogP contribution in [0.25, 0.3) is 5.82 Å². The first kappa shape index (κ1) is 14.1. The number of hydrogen-bond donors (Lipinski definition) is 2. The Labute approximate surface area is 113 Å². The van der Waals surface area contributed by atoms with Crippen molar-refractivity contribution in [2.45, 2.75) is 6.18 Å². The van der Waals surface area contributed by atoms with Crippen LogP contribution in [0.5, 0.6) is 0 Å². The van der Waals surface area contributed by atoms with Crippen LogP contribution in [0.3, 0.4) is 0 Å². The minimum absolute atomic E-state index is 0.298. The van der Waals surface area contributed by atoms with Crippen molar-refractivity contribution >= 4 is 17.6 Å². The molecule has 0 aliphatic rings. The van der Waals surface area contributed by atoms with Crippen LogP contribution in [-0.2, 0) is 6.18 Å². The fourth-order valence-corrected chi connectivity index (χ4v) is 1.73. The van der Waals surface area contributed by atoms with E-state index in [1.165, 1.54) is 0 Å². The SMILES string of the molecule is O=C(O)c1cn(-c2nc[nH]c(=O)c2Cl)cc1C(F)(F)F. The molecule has 0 fully saturated rings. The number of aromatic amines is 1. The van der Waals surface area contributed by atoms with Crippen molar-refractivity contribution in [3.63, 3.8) is 0 Å². The lowest BCUT2D eigenvalue weighted by Crippen LogP contribution is -2.11. The summed E-state index contributed by atoms with van der Waals surface area (Å²) in [6, 6.07) is 0. The molecule has 0 aliphatic heterocycles. The van der Waals surface area contributed by atoms with E-state index in [2.05, 4.69) is 9.97 Å². The number of carboxylic acids is 1. The zero-order chi connectivity index (χ0) is 15.1. The van der Waals surface area contributed by atoms with Crippen LogP contribution in [0.15, 0.2) is 23.5 Å². The number of nitrogens with zero attached hydrogens (tertiary/aromatic N) is 2. The van der Waals surface area contributed by atoms with Gasteiger partial charge in [0.2, 0.25) is 0 Å². The van der Waals surface area contributed by atoms with E-state index in [0.717, 1.165) is 10.9 Å². The summed E-state index contributed by atoms with van der Waals surface area (Å²) >= 11 is 5.63. The largest absolute Gasteiger partial charge is 0.478 e. The van der Waals surface area contributed by atoms with Gasteiger partial charge in [-0.2, -0.15) is 13.2 Å². The van der Waals surface area contributed by atoms with Crippen molar-refractivity contribution in [1.29, 1.82) is 0 Å². The van der Waals surface area contributed by atoms with Gasteiger partial charge in [-0.3, -0.25) is 4.79 Å². The van der Waals surface area contributed by atoms with Crippen molar-refractivity contribution in [2.24, 2.45) is 0 Å². The number of rotatable bonds is 2. The minimum atomic E-state index is -4.85. The van der Waals surface area contributed by atoms with Gasteiger partial charge in [-0.25, -0.2) is 9.78 Å². The second-order valence-corrected chi connectivity index (χ2v) is 4.04. The molecule has 0 aromatic carbocycles. The maximum absolute atomic E-state index is 12.7. The molecular formula is C10H5ClF3N3O3.